The summed E-state index contributed by atoms with van der Waals surface area (Å²) in [4.78, 5) is 19.4. The molecule has 1 fully saturated rings. The molecule has 1 aliphatic rings. The van der Waals surface area contributed by atoms with Crippen molar-refractivity contribution in [3.8, 4) is 22.8 Å². The fourth-order valence-corrected chi connectivity index (χ4v) is 3.83. The van der Waals surface area contributed by atoms with Crippen LogP contribution in [0.1, 0.15) is 30.1 Å². The molecular weight excluding hydrogens is 369 g/mol. The summed E-state index contributed by atoms with van der Waals surface area (Å²) in [5.41, 5.74) is 7.53. The highest BCUT2D eigenvalue weighted by molar-refractivity contribution is 6.00. The second-order valence-electron chi connectivity index (χ2n) is 7.57. The molecular formula is C23H24FN3O2. The Balaban J connectivity index is 1.64. The number of hydrogen-bond acceptors (Lipinski definition) is 4. The van der Waals surface area contributed by atoms with Gasteiger partial charge in [-0.05, 0) is 49.9 Å². The highest BCUT2D eigenvalue weighted by Crippen LogP contribution is 2.31. The summed E-state index contributed by atoms with van der Waals surface area (Å²) in [7, 11) is 0. The van der Waals surface area contributed by atoms with Crippen LogP contribution in [0.2, 0.25) is 0 Å². The van der Waals surface area contributed by atoms with Crippen molar-refractivity contribution >= 4 is 5.91 Å². The molecule has 150 valence electrons. The number of carbonyl (C=O) groups excluding carboxylic acids is 1. The van der Waals surface area contributed by atoms with Gasteiger partial charge in [-0.2, -0.15) is 0 Å². The van der Waals surface area contributed by atoms with Crippen LogP contribution in [0.15, 0.2) is 59.1 Å². The van der Waals surface area contributed by atoms with Gasteiger partial charge in [-0.15, -0.1) is 0 Å². The van der Waals surface area contributed by atoms with Gasteiger partial charge in [-0.1, -0.05) is 24.3 Å². The van der Waals surface area contributed by atoms with Crippen LogP contribution in [0.3, 0.4) is 0 Å². The first-order chi connectivity index (χ1) is 14.0. The van der Waals surface area contributed by atoms with Gasteiger partial charge in [0.2, 0.25) is 5.89 Å². The first kappa shape index (κ1) is 19.3. The Kier molecular flexibility index (Phi) is 5.45. The molecule has 2 heterocycles. The Bertz CT molecular complexity index is 1010. The first-order valence-electron chi connectivity index (χ1n) is 9.89. The fraction of sp³-hybridized carbons (Fsp3) is 0.304. The summed E-state index contributed by atoms with van der Waals surface area (Å²) in [6.45, 7) is 3.35. The lowest BCUT2D eigenvalue weighted by molar-refractivity contribution is 0.0661. The number of amides is 1. The van der Waals surface area contributed by atoms with E-state index in [1.54, 1.807) is 30.3 Å². The number of aromatic nitrogens is 1. The van der Waals surface area contributed by atoms with E-state index < -0.39 is 0 Å². The Hall–Kier alpha value is -2.99. The molecule has 4 rings (SSSR count). The minimum absolute atomic E-state index is 0.0518. The Morgan fingerprint density at radius 3 is 2.69 bits per heavy atom. The van der Waals surface area contributed by atoms with E-state index in [1.165, 1.54) is 12.3 Å². The van der Waals surface area contributed by atoms with Gasteiger partial charge in [0.1, 0.15) is 5.82 Å². The second kappa shape index (κ2) is 8.17. The third-order valence-electron chi connectivity index (χ3n) is 5.52. The molecule has 1 amide bonds. The molecule has 1 aromatic heterocycles. The maximum absolute atomic E-state index is 14.1. The molecule has 6 heteroatoms. The minimum Gasteiger partial charge on any atom is -0.436 e. The first-order valence-corrected chi connectivity index (χ1v) is 9.89. The van der Waals surface area contributed by atoms with Crippen LogP contribution < -0.4 is 5.73 Å². The van der Waals surface area contributed by atoms with Crippen molar-refractivity contribution in [2.45, 2.75) is 25.8 Å². The van der Waals surface area contributed by atoms with E-state index in [0.29, 0.717) is 47.3 Å². The molecule has 2 N–H and O–H groups in total. The molecule has 0 spiro atoms. The van der Waals surface area contributed by atoms with E-state index in [-0.39, 0.29) is 17.8 Å². The third kappa shape index (κ3) is 3.93. The number of nitrogens with zero attached hydrogens (tertiary/aromatic N) is 2. The molecule has 1 saturated heterocycles. The van der Waals surface area contributed by atoms with Gasteiger partial charge in [0, 0.05) is 24.7 Å². The summed E-state index contributed by atoms with van der Waals surface area (Å²) < 4.78 is 19.9. The smallest absolute Gasteiger partial charge is 0.254 e. The highest BCUT2D eigenvalue weighted by atomic mass is 19.1. The molecule has 0 unspecified atom stereocenters. The molecule has 3 aromatic rings. The number of nitrogens with two attached hydrogens (primary N) is 1. The molecule has 29 heavy (non-hydrogen) atoms. The van der Waals surface area contributed by atoms with Crippen molar-refractivity contribution in [3.63, 3.8) is 0 Å². The second-order valence-corrected chi connectivity index (χ2v) is 7.57. The average Bonchev–Trinajstić information content (AvgIpc) is 3.23. The standard InChI is InChI=1S/C23H24FN3O2/c1-15(25)16-7-6-12-27(14-16)23(28)18-9-3-2-8-17(18)22-26-13-21(29-22)19-10-4-5-11-20(19)24/h2-5,8-11,13,15-16H,6-7,12,14,25H2,1H3/t15-,16+/m1/s1. The van der Waals surface area contributed by atoms with Crippen LogP contribution in [0.5, 0.6) is 0 Å². The van der Waals surface area contributed by atoms with Crippen molar-refractivity contribution in [1.82, 2.24) is 9.88 Å². The fourth-order valence-electron chi connectivity index (χ4n) is 3.83. The SMILES string of the molecule is C[C@@H](N)[C@H]1CCCN(C(=O)c2ccccc2-c2ncc(-c3ccccc3F)o2)C1. The quantitative estimate of drug-likeness (QED) is 0.715. The summed E-state index contributed by atoms with van der Waals surface area (Å²) in [6, 6.07) is 13.7. The van der Waals surface area contributed by atoms with Crippen LogP contribution in [0, 0.1) is 11.7 Å². The van der Waals surface area contributed by atoms with Gasteiger partial charge in [0.15, 0.2) is 5.76 Å². The number of benzene rings is 2. The third-order valence-corrected chi connectivity index (χ3v) is 5.52. The van der Waals surface area contributed by atoms with Crippen molar-refractivity contribution in [2.24, 2.45) is 11.7 Å². The van der Waals surface area contributed by atoms with Crippen LogP contribution in [-0.2, 0) is 0 Å². The Morgan fingerprint density at radius 2 is 1.93 bits per heavy atom. The number of piperidine rings is 1. The average molecular weight is 393 g/mol. The Labute approximate surface area is 169 Å². The van der Waals surface area contributed by atoms with E-state index in [2.05, 4.69) is 4.98 Å². The van der Waals surface area contributed by atoms with Crippen molar-refractivity contribution < 1.29 is 13.6 Å². The van der Waals surface area contributed by atoms with Crippen LogP contribution in [0.4, 0.5) is 4.39 Å². The zero-order chi connectivity index (χ0) is 20.4. The number of oxazole rings is 1. The minimum atomic E-state index is -0.380. The molecule has 0 bridgehead atoms. The molecule has 5 nitrogen and oxygen atoms in total. The van der Waals surface area contributed by atoms with Crippen LogP contribution >= 0.6 is 0 Å². The molecule has 0 aliphatic carbocycles. The number of rotatable bonds is 4. The van der Waals surface area contributed by atoms with Gasteiger partial charge in [-0.25, -0.2) is 9.37 Å². The van der Waals surface area contributed by atoms with Crippen LogP contribution in [-0.4, -0.2) is 34.9 Å². The van der Waals surface area contributed by atoms with Crippen molar-refractivity contribution in [1.29, 1.82) is 0 Å². The number of likely N-dealkylation sites (tertiary alicyclic amines) is 1. The summed E-state index contributed by atoms with van der Waals surface area (Å²) >= 11 is 0. The van der Waals surface area contributed by atoms with E-state index in [0.717, 1.165) is 12.8 Å². The largest absolute Gasteiger partial charge is 0.436 e. The zero-order valence-corrected chi connectivity index (χ0v) is 16.3. The predicted molar refractivity (Wildman–Crippen MR) is 110 cm³/mol. The van der Waals surface area contributed by atoms with Gasteiger partial charge >= 0.3 is 0 Å². The monoisotopic (exact) mass is 393 g/mol. The van der Waals surface area contributed by atoms with Crippen molar-refractivity contribution in [2.75, 3.05) is 13.1 Å². The highest BCUT2D eigenvalue weighted by Gasteiger charge is 2.28. The lowest BCUT2D eigenvalue weighted by Gasteiger charge is -2.34. The lowest BCUT2D eigenvalue weighted by atomic mass is 9.91. The zero-order valence-electron chi connectivity index (χ0n) is 16.3. The summed E-state index contributed by atoms with van der Waals surface area (Å²) in [5.74, 6) is 0.490. The molecule has 1 aliphatic heterocycles. The Morgan fingerprint density at radius 1 is 1.21 bits per heavy atom. The van der Waals surface area contributed by atoms with E-state index in [9.17, 15) is 9.18 Å². The van der Waals surface area contributed by atoms with Gasteiger partial charge in [0.25, 0.3) is 5.91 Å². The van der Waals surface area contributed by atoms with Gasteiger partial charge in [-0.3, -0.25) is 4.79 Å². The molecule has 0 radical (unpaired) electrons. The maximum Gasteiger partial charge on any atom is 0.254 e. The number of carbonyl (C=O) groups is 1. The van der Waals surface area contributed by atoms with Crippen LogP contribution in [0.25, 0.3) is 22.8 Å². The molecule has 0 saturated carbocycles. The van der Waals surface area contributed by atoms with E-state index in [4.69, 9.17) is 10.2 Å². The lowest BCUT2D eigenvalue weighted by Crippen LogP contribution is -2.45. The van der Waals surface area contributed by atoms with Gasteiger partial charge in [0.05, 0.1) is 17.3 Å². The van der Waals surface area contributed by atoms with E-state index in [1.807, 2.05) is 24.0 Å². The maximum atomic E-state index is 14.1. The number of halogens is 1. The van der Waals surface area contributed by atoms with Gasteiger partial charge < -0.3 is 15.1 Å². The molecule has 2 atom stereocenters. The van der Waals surface area contributed by atoms with Crippen molar-refractivity contribution in [3.05, 3.63) is 66.1 Å². The normalized spacial score (nSPS) is 17.9. The molecule has 2 aromatic carbocycles. The summed E-state index contributed by atoms with van der Waals surface area (Å²) in [6.07, 6.45) is 3.47. The predicted octanol–water partition coefficient (Wildman–Crippen LogP) is 4.35. The topological polar surface area (TPSA) is 72.4 Å². The van der Waals surface area contributed by atoms with E-state index >= 15 is 0 Å². The number of hydrogen-bond donors (Lipinski definition) is 1. The summed E-state index contributed by atoms with van der Waals surface area (Å²) in [5, 5.41) is 0.